The predicted octanol–water partition coefficient (Wildman–Crippen LogP) is 1.54. The Balaban J connectivity index is 2.33. The van der Waals surface area contributed by atoms with E-state index in [9.17, 15) is 13.2 Å². The Labute approximate surface area is 125 Å². The van der Waals surface area contributed by atoms with E-state index in [4.69, 9.17) is 5.73 Å². The lowest BCUT2D eigenvalue weighted by Gasteiger charge is -2.14. The number of carbonyl (C=O) groups excluding carboxylic acids is 1. The maximum atomic E-state index is 12.4. The molecule has 0 aromatic heterocycles. The number of carbonyl (C=O) groups is 1. The third-order valence-electron chi connectivity index (χ3n) is 3.49. The molecule has 1 fully saturated rings. The largest absolute Gasteiger partial charge is 0.398 e. The smallest absolute Gasteiger partial charge is 0.328 e. The average molecular weight is 311 g/mol. The molecular formula is C14H21N3O3S. The molecule has 0 radical (unpaired) electrons. The molecule has 2 rings (SSSR count). The molecule has 1 aromatic rings. The predicted molar refractivity (Wildman–Crippen MR) is 81.5 cm³/mol. The second-order valence-electron chi connectivity index (χ2n) is 5.22. The minimum atomic E-state index is -3.92. The molecule has 0 bridgehead atoms. The monoisotopic (exact) mass is 311 g/mol. The van der Waals surface area contributed by atoms with Gasteiger partial charge in [-0.2, -0.15) is 0 Å². The lowest BCUT2D eigenvalue weighted by atomic mass is 10.1. The van der Waals surface area contributed by atoms with Crippen LogP contribution in [0.2, 0.25) is 0 Å². The Kier molecular flexibility index (Phi) is 4.41. The number of hydrogen-bond donors (Lipinski definition) is 3. The van der Waals surface area contributed by atoms with Gasteiger partial charge in [-0.05, 0) is 48.9 Å². The van der Waals surface area contributed by atoms with E-state index in [0.29, 0.717) is 24.1 Å². The second-order valence-corrected chi connectivity index (χ2v) is 6.87. The quantitative estimate of drug-likeness (QED) is 0.718. The van der Waals surface area contributed by atoms with Crippen molar-refractivity contribution in [2.24, 2.45) is 0 Å². The lowest BCUT2D eigenvalue weighted by molar-refractivity contribution is 0.245. The van der Waals surface area contributed by atoms with Crippen LogP contribution >= 0.6 is 0 Å². The van der Waals surface area contributed by atoms with Gasteiger partial charge in [0.2, 0.25) is 0 Å². The van der Waals surface area contributed by atoms with Crippen molar-refractivity contribution in [1.82, 2.24) is 10.0 Å². The van der Waals surface area contributed by atoms with E-state index in [1.165, 1.54) is 0 Å². The molecular weight excluding hydrogens is 290 g/mol. The molecule has 1 aromatic carbocycles. The minimum Gasteiger partial charge on any atom is -0.398 e. The van der Waals surface area contributed by atoms with Gasteiger partial charge < -0.3 is 11.1 Å². The average Bonchev–Trinajstić information content (AvgIpc) is 3.20. The Bertz CT molecular complexity index is 652. The van der Waals surface area contributed by atoms with Crippen molar-refractivity contribution >= 4 is 21.7 Å². The van der Waals surface area contributed by atoms with Gasteiger partial charge in [-0.3, -0.25) is 0 Å². The summed E-state index contributed by atoms with van der Waals surface area (Å²) in [4.78, 5) is 11.8. The topological polar surface area (TPSA) is 101 Å². The van der Waals surface area contributed by atoms with Gasteiger partial charge in [0, 0.05) is 11.7 Å². The molecule has 6 nitrogen and oxygen atoms in total. The number of anilines is 1. The molecule has 21 heavy (non-hydrogen) atoms. The third-order valence-corrected chi connectivity index (χ3v) is 4.89. The zero-order chi connectivity index (χ0) is 15.6. The molecule has 0 saturated heterocycles. The molecule has 0 unspecified atom stereocenters. The number of aryl methyl sites for hydroxylation is 1. The SMILES string of the molecule is CCc1cc(N)c(CC)c(S(=O)(=O)NC(=O)NC2CC2)c1. The van der Waals surface area contributed by atoms with E-state index >= 15 is 0 Å². The number of urea groups is 1. The van der Waals surface area contributed by atoms with Crippen LogP contribution in [0.1, 0.15) is 37.8 Å². The molecule has 7 heteroatoms. The van der Waals surface area contributed by atoms with Crippen LogP contribution in [0.4, 0.5) is 10.5 Å². The maximum Gasteiger partial charge on any atom is 0.328 e. The first-order valence-electron chi connectivity index (χ1n) is 7.12. The first-order valence-corrected chi connectivity index (χ1v) is 8.60. The van der Waals surface area contributed by atoms with Gasteiger partial charge in [-0.15, -0.1) is 0 Å². The van der Waals surface area contributed by atoms with Gasteiger partial charge in [-0.1, -0.05) is 13.8 Å². The van der Waals surface area contributed by atoms with Crippen LogP contribution < -0.4 is 15.8 Å². The highest BCUT2D eigenvalue weighted by Crippen LogP contribution is 2.25. The zero-order valence-electron chi connectivity index (χ0n) is 12.3. The van der Waals surface area contributed by atoms with Crippen molar-refractivity contribution in [3.8, 4) is 0 Å². The van der Waals surface area contributed by atoms with Crippen molar-refractivity contribution in [3.05, 3.63) is 23.3 Å². The summed E-state index contributed by atoms with van der Waals surface area (Å²) < 4.78 is 26.9. The number of nitrogens with one attached hydrogen (secondary N) is 2. The number of rotatable bonds is 5. The maximum absolute atomic E-state index is 12.4. The summed E-state index contributed by atoms with van der Waals surface area (Å²) in [6.45, 7) is 3.75. The lowest BCUT2D eigenvalue weighted by Crippen LogP contribution is -2.40. The van der Waals surface area contributed by atoms with Crippen LogP contribution in [0.3, 0.4) is 0 Å². The van der Waals surface area contributed by atoms with Gasteiger partial charge in [0.25, 0.3) is 10.0 Å². The van der Waals surface area contributed by atoms with Crippen LogP contribution in [-0.2, 0) is 22.9 Å². The summed E-state index contributed by atoms with van der Waals surface area (Å²) in [5.74, 6) is 0. The van der Waals surface area contributed by atoms with E-state index in [0.717, 1.165) is 18.4 Å². The summed E-state index contributed by atoms with van der Waals surface area (Å²) in [6.07, 6.45) is 2.94. The number of nitrogen functional groups attached to an aromatic ring is 1. The van der Waals surface area contributed by atoms with E-state index in [-0.39, 0.29) is 10.9 Å². The van der Waals surface area contributed by atoms with Crippen LogP contribution in [0, 0.1) is 0 Å². The standard InChI is InChI=1S/C14H21N3O3S/c1-3-9-7-12(15)11(4-2)13(8-9)21(19,20)17-14(18)16-10-5-6-10/h7-8,10H,3-6,15H2,1-2H3,(H2,16,17,18). The van der Waals surface area contributed by atoms with Crippen LogP contribution in [0.25, 0.3) is 0 Å². The summed E-state index contributed by atoms with van der Waals surface area (Å²) in [5, 5.41) is 2.60. The fraction of sp³-hybridized carbons (Fsp3) is 0.500. The van der Waals surface area contributed by atoms with Gasteiger partial charge >= 0.3 is 6.03 Å². The summed E-state index contributed by atoms with van der Waals surface area (Å²) >= 11 is 0. The Morgan fingerprint density at radius 3 is 2.48 bits per heavy atom. The Hall–Kier alpha value is -1.76. The van der Waals surface area contributed by atoms with Gasteiger partial charge in [-0.25, -0.2) is 17.9 Å². The van der Waals surface area contributed by atoms with Crippen molar-refractivity contribution in [2.45, 2.75) is 50.5 Å². The van der Waals surface area contributed by atoms with Crippen LogP contribution in [-0.4, -0.2) is 20.5 Å². The number of nitrogens with two attached hydrogens (primary N) is 1. The van der Waals surface area contributed by atoms with Gasteiger partial charge in [0.15, 0.2) is 0 Å². The van der Waals surface area contributed by atoms with Crippen molar-refractivity contribution in [3.63, 3.8) is 0 Å². The highest BCUT2D eigenvalue weighted by atomic mass is 32.2. The summed E-state index contributed by atoms with van der Waals surface area (Å²) in [5.41, 5.74) is 7.75. The molecule has 2 amide bonds. The van der Waals surface area contributed by atoms with Crippen LogP contribution in [0.15, 0.2) is 17.0 Å². The van der Waals surface area contributed by atoms with E-state index in [1.54, 1.807) is 12.1 Å². The molecule has 1 saturated carbocycles. The number of sulfonamides is 1. The second kappa shape index (κ2) is 5.93. The fourth-order valence-corrected chi connectivity index (χ4v) is 3.47. The summed E-state index contributed by atoms with van der Waals surface area (Å²) in [7, 11) is -3.92. The highest BCUT2D eigenvalue weighted by molar-refractivity contribution is 7.90. The molecule has 0 aliphatic heterocycles. The Morgan fingerprint density at radius 2 is 1.95 bits per heavy atom. The van der Waals surface area contributed by atoms with Crippen molar-refractivity contribution < 1.29 is 13.2 Å². The first kappa shape index (κ1) is 15.6. The Morgan fingerprint density at radius 1 is 1.29 bits per heavy atom. The molecule has 0 spiro atoms. The minimum absolute atomic E-state index is 0.0906. The van der Waals surface area contributed by atoms with Crippen LogP contribution in [0.5, 0.6) is 0 Å². The molecule has 0 heterocycles. The number of amides is 2. The van der Waals surface area contributed by atoms with Gasteiger partial charge in [0.05, 0.1) is 4.90 Å². The zero-order valence-corrected chi connectivity index (χ0v) is 13.1. The van der Waals surface area contributed by atoms with E-state index in [2.05, 4.69) is 10.0 Å². The molecule has 1 aliphatic rings. The summed E-state index contributed by atoms with van der Waals surface area (Å²) in [6, 6.07) is 2.78. The molecule has 4 N–H and O–H groups in total. The normalized spacial score (nSPS) is 14.8. The van der Waals surface area contributed by atoms with Crippen molar-refractivity contribution in [2.75, 3.05) is 5.73 Å². The first-order chi connectivity index (χ1) is 9.87. The highest BCUT2D eigenvalue weighted by Gasteiger charge is 2.27. The van der Waals surface area contributed by atoms with E-state index in [1.807, 2.05) is 13.8 Å². The molecule has 1 aliphatic carbocycles. The van der Waals surface area contributed by atoms with E-state index < -0.39 is 16.1 Å². The van der Waals surface area contributed by atoms with Crippen molar-refractivity contribution in [1.29, 1.82) is 0 Å². The van der Waals surface area contributed by atoms with Gasteiger partial charge in [0.1, 0.15) is 0 Å². The molecule has 116 valence electrons. The fourth-order valence-electron chi connectivity index (χ4n) is 2.17. The number of benzene rings is 1. The molecule has 0 atom stereocenters. The third kappa shape index (κ3) is 3.66. The number of hydrogen-bond acceptors (Lipinski definition) is 4.